The number of sulfone groups is 1. The molecule has 0 radical (unpaired) electrons. The number of hydrogen-bond donors (Lipinski definition) is 0. The molecule has 3 rings (SSSR count). The summed E-state index contributed by atoms with van der Waals surface area (Å²) in [6, 6.07) is 14.6. The van der Waals surface area contributed by atoms with Crippen LogP contribution < -0.4 is 9.64 Å². The van der Waals surface area contributed by atoms with E-state index < -0.39 is 21.0 Å². The molecule has 1 unspecified atom stereocenters. The predicted molar refractivity (Wildman–Crippen MR) is 119 cm³/mol. The second kappa shape index (κ2) is 10.0. The second-order valence-corrected chi connectivity index (χ2v) is 10.1. The number of thiazole rings is 1. The van der Waals surface area contributed by atoms with Crippen molar-refractivity contribution < 1.29 is 22.3 Å². The predicted octanol–water partition coefficient (Wildman–Crippen LogP) is 4.22. The van der Waals surface area contributed by atoms with Gasteiger partial charge in [-0.1, -0.05) is 18.2 Å². The van der Waals surface area contributed by atoms with E-state index in [2.05, 4.69) is 4.98 Å². The normalized spacial score (nSPS) is 12.4. The molecule has 0 saturated carbocycles. The van der Waals surface area contributed by atoms with Crippen molar-refractivity contribution in [3.05, 3.63) is 76.5 Å². The van der Waals surface area contributed by atoms with Crippen LogP contribution in [0.2, 0.25) is 0 Å². The van der Waals surface area contributed by atoms with Crippen LogP contribution in [0.25, 0.3) is 0 Å². The average molecular weight is 463 g/mol. The molecule has 0 saturated heterocycles. The zero-order valence-electron chi connectivity index (χ0n) is 17.2. The number of hydrogen-bond acceptors (Lipinski definition) is 6. The maximum Gasteiger partial charge on any atom is 0.245 e. The molecule has 6 nitrogen and oxygen atoms in total. The smallest absolute Gasteiger partial charge is 0.245 e. The molecule has 0 N–H and O–H groups in total. The molecule has 0 aliphatic rings. The number of nitrogens with zero attached hydrogens (tertiary/aromatic N) is 2. The van der Waals surface area contributed by atoms with Crippen molar-refractivity contribution in [1.29, 1.82) is 0 Å². The van der Waals surface area contributed by atoms with Gasteiger partial charge in [-0.3, -0.25) is 4.79 Å². The van der Waals surface area contributed by atoms with E-state index in [0.717, 1.165) is 0 Å². The third-order valence-corrected chi connectivity index (χ3v) is 7.51. The van der Waals surface area contributed by atoms with Crippen LogP contribution in [0.4, 0.5) is 10.1 Å². The number of rotatable bonds is 9. The number of amides is 1. The molecule has 0 fully saturated rings. The molecule has 1 atom stereocenters. The van der Waals surface area contributed by atoms with Crippen LogP contribution in [0, 0.1) is 5.82 Å². The fourth-order valence-corrected chi connectivity index (χ4v) is 4.99. The van der Waals surface area contributed by atoms with E-state index in [0.29, 0.717) is 28.7 Å². The summed E-state index contributed by atoms with van der Waals surface area (Å²) in [7, 11) is -3.76. The van der Waals surface area contributed by atoms with Gasteiger partial charge in [0.1, 0.15) is 28.4 Å². The number of ether oxygens (including phenoxy) is 1. The van der Waals surface area contributed by atoms with Gasteiger partial charge in [0.25, 0.3) is 0 Å². The molecule has 0 bridgehead atoms. The van der Waals surface area contributed by atoms with Crippen LogP contribution in [-0.2, 0) is 27.0 Å². The largest absolute Gasteiger partial charge is 0.486 e. The summed E-state index contributed by atoms with van der Waals surface area (Å²) in [6.45, 7) is 3.72. The van der Waals surface area contributed by atoms with Crippen molar-refractivity contribution in [3.8, 4) is 5.75 Å². The van der Waals surface area contributed by atoms with Crippen molar-refractivity contribution in [2.45, 2.75) is 31.5 Å². The molecule has 0 aliphatic carbocycles. The van der Waals surface area contributed by atoms with E-state index in [1.54, 1.807) is 36.6 Å². The first-order chi connectivity index (χ1) is 14.8. The molecule has 164 valence electrons. The van der Waals surface area contributed by atoms with Crippen molar-refractivity contribution in [2.24, 2.45) is 0 Å². The maximum absolute atomic E-state index is 13.0. The highest BCUT2D eigenvalue weighted by Gasteiger charge is 2.32. The van der Waals surface area contributed by atoms with Gasteiger partial charge in [-0.2, -0.15) is 0 Å². The molecular weight excluding hydrogens is 439 g/mol. The van der Waals surface area contributed by atoms with E-state index in [-0.39, 0.29) is 18.2 Å². The average Bonchev–Trinajstić information content (AvgIpc) is 3.20. The van der Waals surface area contributed by atoms with E-state index in [1.165, 1.54) is 47.4 Å². The molecular formula is C22H23FN2O4S2. The van der Waals surface area contributed by atoms with Gasteiger partial charge in [0.2, 0.25) is 5.91 Å². The van der Waals surface area contributed by atoms with Crippen LogP contribution in [0.1, 0.15) is 24.5 Å². The fraction of sp³-hybridized carbons (Fsp3) is 0.273. The van der Waals surface area contributed by atoms with Gasteiger partial charge < -0.3 is 9.64 Å². The monoisotopic (exact) mass is 462 g/mol. The number of halogens is 1. The molecule has 0 spiro atoms. The van der Waals surface area contributed by atoms with Gasteiger partial charge in [-0.15, -0.1) is 11.3 Å². The summed E-state index contributed by atoms with van der Waals surface area (Å²) in [5, 5.41) is 1.04. The number of aromatic nitrogens is 1. The minimum absolute atomic E-state index is 0.141. The number of para-hydroxylation sites is 1. The molecule has 1 amide bonds. The van der Waals surface area contributed by atoms with E-state index in [1.807, 2.05) is 6.07 Å². The van der Waals surface area contributed by atoms with Crippen LogP contribution in [-0.4, -0.2) is 31.1 Å². The highest BCUT2D eigenvalue weighted by molar-refractivity contribution is 7.92. The minimum Gasteiger partial charge on any atom is -0.486 e. The van der Waals surface area contributed by atoms with Crippen molar-refractivity contribution in [3.63, 3.8) is 0 Å². The highest BCUT2D eigenvalue weighted by atomic mass is 32.2. The first-order valence-electron chi connectivity index (χ1n) is 9.70. The first-order valence-corrected chi connectivity index (χ1v) is 12.3. The summed E-state index contributed by atoms with van der Waals surface area (Å²) in [6.07, 6.45) is 0. The maximum atomic E-state index is 13.0. The van der Waals surface area contributed by atoms with E-state index in [9.17, 15) is 17.6 Å². The Morgan fingerprint density at radius 3 is 2.48 bits per heavy atom. The lowest BCUT2D eigenvalue weighted by atomic mass is 10.2. The third kappa shape index (κ3) is 5.89. The second-order valence-electron chi connectivity index (χ2n) is 6.84. The van der Waals surface area contributed by atoms with E-state index in [4.69, 9.17) is 4.74 Å². The minimum atomic E-state index is -3.76. The summed E-state index contributed by atoms with van der Waals surface area (Å²) < 4.78 is 44.2. The molecule has 2 aromatic carbocycles. The number of anilines is 1. The van der Waals surface area contributed by atoms with Crippen LogP contribution >= 0.6 is 11.3 Å². The Morgan fingerprint density at radius 2 is 1.84 bits per heavy atom. The summed E-state index contributed by atoms with van der Waals surface area (Å²) >= 11 is 1.27. The van der Waals surface area contributed by atoms with Gasteiger partial charge in [0.05, 0.1) is 11.4 Å². The topological polar surface area (TPSA) is 76.6 Å². The van der Waals surface area contributed by atoms with Crippen LogP contribution in [0.5, 0.6) is 5.75 Å². The Kier molecular flexibility index (Phi) is 7.40. The number of benzene rings is 2. The standard InChI is InChI=1S/C22H23FN2O4S2/c1-3-25(19-7-5-4-6-8-19)22(26)16(2)31(27,28)15-18-14-30-21(24-18)13-29-20-11-9-17(23)10-12-20/h4-12,14,16H,3,13,15H2,1-2H3. The highest BCUT2D eigenvalue weighted by Crippen LogP contribution is 2.21. The van der Waals surface area contributed by atoms with Gasteiger partial charge in [0.15, 0.2) is 9.84 Å². The van der Waals surface area contributed by atoms with Crippen LogP contribution in [0.3, 0.4) is 0 Å². The van der Waals surface area contributed by atoms with Crippen molar-refractivity contribution >= 4 is 32.8 Å². The Bertz CT molecular complexity index is 1120. The Hall–Kier alpha value is -2.78. The lowest BCUT2D eigenvalue weighted by Gasteiger charge is -2.24. The Labute approximate surface area is 185 Å². The SMILES string of the molecule is CCN(C(=O)C(C)S(=O)(=O)Cc1csc(COc2ccc(F)cc2)n1)c1ccccc1. The summed E-state index contributed by atoms with van der Waals surface area (Å²) in [5.41, 5.74) is 1.02. The molecule has 3 aromatic rings. The summed E-state index contributed by atoms with van der Waals surface area (Å²) in [4.78, 5) is 18.7. The van der Waals surface area contributed by atoms with Crippen LogP contribution in [0.15, 0.2) is 60.0 Å². The zero-order valence-corrected chi connectivity index (χ0v) is 18.8. The van der Waals surface area contributed by atoms with Crippen molar-refractivity contribution in [1.82, 2.24) is 4.98 Å². The Balaban J connectivity index is 1.64. The first kappa shape index (κ1) is 22.9. The van der Waals surface area contributed by atoms with Crippen molar-refractivity contribution in [2.75, 3.05) is 11.4 Å². The number of carbonyl (C=O) groups excluding carboxylic acids is 1. The van der Waals surface area contributed by atoms with Gasteiger partial charge in [0, 0.05) is 17.6 Å². The lowest BCUT2D eigenvalue weighted by Crippen LogP contribution is -2.42. The molecule has 1 heterocycles. The molecule has 0 aliphatic heterocycles. The summed E-state index contributed by atoms with van der Waals surface area (Å²) in [5.74, 6) is -0.666. The molecule has 9 heteroatoms. The quantitative estimate of drug-likeness (QED) is 0.476. The van der Waals surface area contributed by atoms with Gasteiger partial charge in [-0.05, 0) is 50.2 Å². The molecule has 31 heavy (non-hydrogen) atoms. The molecule has 1 aromatic heterocycles. The fourth-order valence-electron chi connectivity index (χ4n) is 2.94. The van der Waals surface area contributed by atoms with E-state index >= 15 is 0 Å². The Morgan fingerprint density at radius 1 is 1.16 bits per heavy atom. The zero-order chi connectivity index (χ0) is 22.4. The third-order valence-electron chi connectivity index (χ3n) is 4.66. The lowest BCUT2D eigenvalue weighted by molar-refractivity contribution is -0.117. The van der Waals surface area contributed by atoms with Gasteiger partial charge in [-0.25, -0.2) is 17.8 Å². The number of carbonyl (C=O) groups is 1. The van der Waals surface area contributed by atoms with Gasteiger partial charge >= 0.3 is 0 Å².